The van der Waals surface area contributed by atoms with Gasteiger partial charge in [-0.25, -0.2) is 0 Å². The summed E-state index contributed by atoms with van der Waals surface area (Å²) in [7, 11) is 0. The van der Waals surface area contributed by atoms with E-state index < -0.39 is 0 Å². The highest BCUT2D eigenvalue weighted by atomic mass is 35.5. The van der Waals surface area contributed by atoms with Crippen LogP contribution in [0.5, 0.6) is 11.5 Å². The zero-order valence-electron chi connectivity index (χ0n) is 12.9. The summed E-state index contributed by atoms with van der Waals surface area (Å²) in [5.41, 5.74) is 2.91. The molecule has 0 saturated carbocycles. The monoisotopic (exact) mass is 304 g/mol. The molecule has 2 rings (SSSR count). The van der Waals surface area contributed by atoms with E-state index in [2.05, 4.69) is 33.8 Å². The molecule has 1 N–H and O–H groups in total. The fraction of sp³-hybridized carbons (Fsp3) is 0.333. The lowest BCUT2D eigenvalue weighted by molar-refractivity contribution is 0.276. The molecule has 0 aliphatic heterocycles. The van der Waals surface area contributed by atoms with Crippen molar-refractivity contribution in [1.29, 1.82) is 0 Å². The lowest BCUT2D eigenvalue weighted by atomic mass is 9.85. The fourth-order valence-electron chi connectivity index (χ4n) is 2.23. The van der Waals surface area contributed by atoms with Gasteiger partial charge in [-0.2, -0.15) is 0 Å². The highest BCUT2D eigenvalue weighted by molar-refractivity contribution is 6.31. The number of halogens is 1. The van der Waals surface area contributed by atoms with E-state index in [1.165, 1.54) is 5.56 Å². The highest BCUT2D eigenvalue weighted by Crippen LogP contribution is 2.37. The van der Waals surface area contributed by atoms with Crippen LogP contribution >= 0.6 is 11.6 Å². The Morgan fingerprint density at radius 2 is 1.81 bits per heavy atom. The van der Waals surface area contributed by atoms with Crippen LogP contribution in [0.1, 0.15) is 37.5 Å². The van der Waals surface area contributed by atoms with Crippen LogP contribution in [0.25, 0.3) is 0 Å². The standard InChI is InChI=1S/C18H21ClO2/c1-12-8-9-17(14(10-12)18(2,3)4)21-16-7-5-6-15(19)13(16)11-20/h5-10,20H,11H2,1-4H3. The van der Waals surface area contributed by atoms with Gasteiger partial charge in [0.1, 0.15) is 11.5 Å². The molecule has 0 aliphatic carbocycles. The summed E-state index contributed by atoms with van der Waals surface area (Å²) in [5.74, 6) is 1.39. The number of hydrogen-bond donors (Lipinski definition) is 1. The molecule has 0 aliphatic rings. The molecule has 21 heavy (non-hydrogen) atoms. The van der Waals surface area contributed by atoms with E-state index >= 15 is 0 Å². The molecule has 2 aromatic rings. The van der Waals surface area contributed by atoms with Crippen molar-refractivity contribution < 1.29 is 9.84 Å². The number of aryl methyl sites for hydroxylation is 1. The number of aliphatic hydroxyl groups is 1. The summed E-state index contributed by atoms with van der Waals surface area (Å²) in [4.78, 5) is 0. The van der Waals surface area contributed by atoms with Crippen molar-refractivity contribution in [3.63, 3.8) is 0 Å². The Kier molecular flexibility index (Phi) is 4.60. The van der Waals surface area contributed by atoms with Crippen LogP contribution in [0.2, 0.25) is 5.02 Å². The van der Waals surface area contributed by atoms with Gasteiger partial charge in [0.15, 0.2) is 0 Å². The van der Waals surface area contributed by atoms with Crippen LogP contribution in [-0.4, -0.2) is 5.11 Å². The van der Waals surface area contributed by atoms with Crippen molar-refractivity contribution in [1.82, 2.24) is 0 Å². The molecule has 0 radical (unpaired) electrons. The number of ether oxygens (including phenoxy) is 1. The van der Waals surface area contributed by atoms with Crippen molar-refractivity contribution in [2.75, 3.05) is 0 Å². The second kappa shape index (κ2) is 6.08. The van der Waals surface area contributed by atoms with Crippen LogP contribution in [0, 0.1) is 6.92 Å². The summed E-state index contributed by atoms with van der Waals surface area (Å²) < 4.78 is 6.05. The Bertz CT molecular complexity index is 642. The molecule has 0 aromatic heterocycles. The van der Waals surface area contributed by atoms with E-state index in [9.17, 15) is 5.11 Å². The second-order valence-electron chi connectivity index (χ2n) is 6.23. The molecule has 2 nitrogen and oxygen atoms in total. The molecule has 2 aromatic carbocycles. The van der Waals surface area contributed by atoms with Crippen LogP contribution < -0.4 is 4.74 Å². The SMILES string of the molecule is Cc1ccc(Oc2cccc(Cl)c2CO)c(C(C)(C)C)c1. The smallest absolute Gasteiger partial charge is 0.134 e. The Labute approximate surface area is 131 Å². The molecular weight excluding hydrogens is 284 g/mol. The maximum absolute atomic E-state index is 9.49. The predicted molar refractivity (Wildman–Crippen MR) is 87.3 cm³/mol. The molecule has 0 bridgehead atoms. The van der Waals surface area contributed by atoms with Gasteiger partial charge in [0, 0.05) is 16.1 Å². The maximum Gasteiger partial charge on any atom is 0.134 e. The quantitative estimate of drug-likeness (QED) is 0.841. The molecule has 0 spiro atoms. The first kappa shape index (κ1) is 15.9. The van der Waals surface area contributed by atoms with E-state index in [1.807, 2.05) is 24.3 Å². The van der Waals surface area contributed by atoms with E-state index in [4.69, 9.17) is 16.3 Å². The first-order valence-corrected chi connectivity index (χ1v) is 7.38. The zero-order chi connectivity index (χ0) is 15.6. The summed E-state index contributed by atoms with van der Waals surface area (Å²) in [6, 6.07) is 11.5. The van der Waals surface area contributed by atoms with E-state index in [1.54, 1.807) is 6.07 Å². The van der Waals surface area contributed by atoms with Gasteiger partial charge < -0.3 is 9.84 Å². The van der Waals surface area contributed by atoms with Crippen molar-refractivity contribution in [3.8, 4) is 11.5 Å². The molecule has 0 fully saturated rings. The minimum Gasteiger partial charge on any atom is -0.457 e. The average Bonchev–Trinajstić information content (AvgIpc) is 2.40. The van der Waals surface area contributed by atoms with Gasteiger partial charge in [-0.1, -0.05) is 56.1 Å². The topological polar surface area (TPSA) is 29.5 Å². The third-order valence-corrected chi connectivity index (χ3v) is 3.75. The zero-order valence-corrected chi connectivity index (χ0v) is 13.7. The largest absolute Gasteiger partial charge is 0.457 e. The van der Waals surface area contributed by atoms with Crippen molar-refractivity contribution in [3.05, 3.63) is 58.1 Å². The second-order valence-corrected chi connectivity index (χ2v) is 6.63. The Morgan fingerprint density at radius 3 is 2.43 bits per heavy atom. The van der Waals surface area contributed by atoms with Gasteiger partial charge >= 0.3 is 0 Å². The van der Waals surface area contributed by atoms with Crippen LogP contribution in [0.3, 0.4) is 0 Å². The van der Waals surface area contributed by atoms with Gasteiger partial charge in [-0.15, -0.1) is 0 Å². The molecule has 0 heterocycles. The van der Waals surface area contributed by atoms with E-state index in [0.29, 0.717) is 16.3 Å². The Balaban J connectivity index is 2.48. The number of benzene rings is 2. The molecule has 0 atom stereocenters. The summed E-state index contributed by atoms with van der Waals surface area (Å²) in [6.45, 7) is 8.38. The number of aliphatic hydroxyl groups excluding tert-OH is 1. The highest BCUT2D eigenvalue weighted by Gasteiger charge is 2.20. The minimum atomic E-state index is -0.147. The number of hydrogen-bond acceptors (Lipinski definition) is 2. The van der Waals surface area contributed by atoms with Crippen LogP contribution in [-0.2, 0) is 12.0 Å². The first-order valence-electron chi connectivity index (χ1n) is 7.00. The van der Waals surface area contributed by atoms with Crippen LogP contribution in [0.15, 0.2) is 36.4 Å². The third-order valence-electron chi connectivity index (χ3n) is 3.40. The number of rotatable bonds is 3. The van der Waals surface area contributed by atoms with Gasteiger partial charge in [-0.3, -0.25) is 0 Å². The molecule has 112 valence electrons. The summed E-state index contributed by atoms with van der Waals surface area (Å²) >= 11 is 6.11. The van der Waals surface area contributed by atoms with Crippen molar-refractivity contribution in [2.24, 2.45) is 0 Å². The van der Waals surface area contributed by atoms with Gasteiger partial charge in [0.2, 0.25) is 0 Å². The normalized spacial score (nSPS) is 11.5. The molecule has 0 saturated heterocycles. The molecular formula is C18H21ClO2. The summed E-state index contributed by atoms with van der Waals surface area (Å²) in [6.07, 6.45) is 0. The molecule has 0 amide bonds. The first-order chi connectivity index (χ1) is 9.82. The molecule has 3 heteroatoms. The van der Waals surface area contributed by atoms with Crippen molar-refractivity contribution >= 4 is 11.6 Å². The van der Waals surface area contributed by atoms with Gasteiger partial charge in [-0.05, 0) is 30.5 Å². The van der Waals surface area contributed by atoms with Crippen LogP contribution in [0.4, 0.5) is 0 Å². The lowest BCUT2D eigenvalue weighted by Crippen LogP contribution is -2.13. The molecule has 0 unspecified atom stereocenters. The van der Waals surface area contributed by atoms with E-state index in [0.717, 1.165) is 11.3 Å². The average molecular weight is 305 g/mol. The Hall–Kier alpha value is -1.51. The predicted octanol–water partition coefficient (Wildman–Crippen LogP) is 5.23. The van der Waals surface area contributed by atoms with Gasteiger partial charge in [0.25, 0.3) is 0 Å². The van der Waals surface area contributed by atoms with Gasteiger partial charge in [0.05, 0.1) is 6.61 Å². The maximum atomic E-state index is 9.49. The summed E-state index contributed by atoms with van der Waals surface area (Å²) in [5, 5.41) is 10.00. The van der Waals surface area contributed by atoms with Crippen molar-refractivity contribution in [2.45, 2.75) is 39.7 Å². The third kappa shape index (κ3) is 3.58. The van der Waals surface area contributed by atoms with E-state index in [-0.39, 0.29) is 12.0 Å². The minimum absolute atomic E-state index is 0.0285. The lowest BCUT2D eigenvalue weighted by Gasteiger charge is -2.24. The fourth-order valence-corrected chi connectivity index (χ4v) is 2.45. The Morgan fingerprint density at radius 1 is 1.10 bits per heavy atom.